The molecule has 0 radical (unpaired) electrons. The highest BCUT2D eigenvalue weighted by Crippen LogP contribution is 2.56. The first-order chi connectivity index (χ1) is 33.6. The van der Waals surface area contributed by atoms with Crippen molar-refractivity contribution in [2.45, 2.75) is 83.4 Å². The van der Waals surface area contributed by atoms with Crippen LogP contribution in [0.1, 0.15) is 68.4 Å². The number of benzene rings is 5. The number of hydrogen-bond acceptors (Lipinski definition) is 16. The van der Waals surface area contributed by atoms with Gasteiger partial charge in [-0.15, -0.1) is 0 Å². The first-order valence-electron chi connectivity index (χ1n) is 22.9. The van der Waals surface area contributed by atoms with Gasteiger partial charge in [0.05, 0.1) is 10.9 Å². The van der Waals surface area contributed by atoms with Gasteiger partial charge in [0.25, 0.3) is 0 Å². The molecule has 0 amide bonds. The molecule has 66 heavy (non-hydrogen) atoms. The Kier molecular flexibility index (Phi) is 11.7. The van der Waals surface area contributed by atoms with E-state index in [-0.39, 0.29) is 41.3 Å². The van der Waals surface area contributed by atoms with E-state index in [1.807, 2.05) is 6.07 Å². The third-order valence-corrected chi connectivity index (χ3v) is 11.1. The lowest BCUT2D eigenvalue weighted by atomic mass is 9.58. The molecule has 16 nitrogen and oxygen atoms in total. The molecule has 5 atom stereocenters. The maximum Gasteiger partial charge on any atom is 0.308 e. The number of esters is 2. The molecule has 2 heterocycles. The predicted molar refractivity (Wildman–Crippen MR) is 235 cm³/mol. The van der Waals surface area contributed by atoms with Crippen LogP contribution in [0.15, 0.2) is 118 Å². The molecule has 6 aromatic rings. The highest BCUT2D eigenvalue weighted by molar-refractivity contribution is 6.06. The first-order valence-corrected chi connectivity index (χ1v) is 20.1. The molecular weight excluding hydrogens is 857 g/mol. The second-order valence-electron chi connectivity index (χ2n) is 15.3. The van der Waals surface area contributed by atoms with Crippen LogP contribution in [-0.2, 0) is 53.3 Å². The smallest absolute Gasteiger partial charge is 0.308 e. The van der Waals surface area contributed by atoms with Crippen molar-refractivity contribution in [3.05, 3.63) is 142 Å². The fourth-order valence-electron chi connectivity index (χ4n) is 7.88. The number of ether oxygens (including phenoxy) is 6. The summed E-state index contributed by atoms with van der Waals surface area (Å²) in [5.41, 5.74) is -12.3. The van der Waals surface area contributed by atoms with Crippen LogP contribution in [0.3, 0.4) is 0 Å². The van der Waals surface area contributed by atoms with Crippen LogP contribution in [0.4, 0.5) is 0 Å². The Morgan fingerprint density at radius 2 is 1.17 bits per heavy atom. The number of fused-ring (bicyclic) bond motifs is 2. The van der Waals surface area contributed by atoms with Gasteiger partial charge < -0.3 is 48.2 Å². The summed E-state index contributed by atoms with van der Waals surface area (Å²) in [6, 6.07) is 29.4. The van der Waals surface area contributed by atoms with Gasteiger partial charge >= 0.3 is 11.9 Å². The highest BCUT2D eigenvalue weighted by Gasteiger charge is 2.78. The van der Waals surface area contributed by atoms with E-state index in [9.17, 15) is 39.3 Å². The van der Waals surface area contributed by atoms with Crippen LogP contribution >= 0.6 is 0 Å². The van der Waals surface area contributed by atoms with Crippen molar-refractivity contribution in [2.75, 3.05) is 6.61 Å². The molecule has 0 saturated carbocycles. The molecule has 0 aliphatic carbocycles. The standard InChI is InChI=1S/C50H46O16/c1-28(51)48(57)42(27-60-31(4)54)66-47(49(58,29(2)52)50(48,59)30(3)53)44-40(62-25-34-17-11-7-12-18-34)23-41-43(46(44)63-26-35-19-13-8-14-20-35)45(56)36-21-39(64-32(5)55)38(22-37(36)65-41)61-24-33-15-9-6-10-16-33/h6-23,42,47,57-59H,24-27H2,1-5H3/t42-,47?,48-,49+,50+/m1/s1/i1D,2D,3D,4D. The minimum absolute atomic E-state index is 0.00103. The molecule has 7 rings (SSSR count). The fraction of sp³-hybridized carbons (Fsp3) is 0.280. The zero-order chi connectivity index (χ0) is 50.4. The predicted octanol–water partition coefficient (Wildman–Crippen LogP) is 5.57. The van der Waals surface area contributed by atoms with Gasteiger partial charge in [0.1, 0.15) is 66.7 Å². The lowest BCUT2D eigenvalue weighted by Crippen LogP contribution is -2.84. The second-order valence-corrected chi connectivity index (χ2v) is 15.3. The Morgan fingerprint density at radius 3 is 1.71 bits per heavy atom. The molecule has 0 bridgehead atoms. The number of aliphatic hydroxyl groups is 3. The average Bonchev–Trinajstić information content (AvgIpc) is 3.38. The first kappa shape index (κ1) is 41.5. The van der Waals surface area contributed by atoms with Crippen LogP contribution in [0.5, 0.6) is 23.0 Å². The van der Waals surface area contributed by atoms with Crippen LogP contribution in [0.2, 0.25) is 0 Å². The van der Waals surface area contributed by atoms with Gasteiger partial charge in [0.2, 0.25) is 5.43 Å². The summed E-state index contributed by atoms with van der Waals surface area (Å²) in [6.45, 7) is -6.35. The quantitative estimate of drug-likeness (QED) is 0.0612. The van der Waals surface area contributed by atoms with Gasteiger partial charge in [0, 0.05) is 31.4 Å². The van der Waals surface area contributed by atoms with Gasteiger partial charge in [-0.05, 0) is 43.5 Å². The van der Waals surface area contributed by atoms with E-state index in [1.165, 1.54) is 12.1 Å². The molecule has 3 N–H and O–H groups in total. The third kappa shape index (κ3) is 8.42. The Balaban J connectivity index is 1.60. The number of carbonyl (C=O) groups is 5. The number of carbonyl (C=O) groups excluding carboxylic acids is 5. The van der Waals surface area contributed by atoms with Crippen molar-refractivity contribution in [2.24, 2.45) is 0 Å². The summed E-state index contributed by atoms with van der Waals surface area (Å²) in [4.78, 5) is 82.6. The second kappa shape index (κ2) is 18.7. The molecule has 1 aliphatic heterocycles. The fourth-order valence-corrected chi connectivity index (χ4v) is 7.88. The lowest BCUT2D eigenvalue weighted by molar-refractivity contribution is -0.324. The van der Waals surface area contributed by atoms with Crippen molar-refractivity contribution in [1.82, 2.24) is 0 Å². The topological polar surface area (TPSA) is 232 Å². The van der Waals surface area contributed by atoms with E-state index in [0.29, 0.717) is 11.1 Å². The number of rotatable bonds is 16. The summed E-state index contributed by atoms with van der Waals surface area (Å²) in [6.07, 6.45) is -5.16. The third-order valence-electron chi connectivity index (χ3n) is 11.1. The molecule has 16 heteroatoms. The van der Waals surface area contributed by atoms with Gasteiger partial charge in [0.15, 0.2) is 45.7 Å². The Hall–Kier alpha value is -7.24. The minimum atomic E-state index is -4.19. The van der Waals surface area contributed by atoms with E-state index >= 15 is 4.79 Å². The molecule has 1 aliphatic rings. The summed E-state index contributed by atoms with van der Waals surface area (Å²) in [7, 11) is 0. The van der Waals surface area contributed by atoms with E-state index in [1.54, 1.807) is 84.9 Å². The number of Topliss-reactive ketones (excluding diaryl/α,β-unsaturated/α-hetero) is 3. The maximum absolute atomic E-state index is 15.2. The van der Waals surface area contributed by atoms with Gasteiger partial charge in [-0.1, -0.05) is 91.0 Å². The van der Waals surface area contributed by atoms with E-state index in [2.05, 4.69) is 0 Å². The van der Waals surface area contributed by atoms with Crippen LogP contribution in [-0.4, -0.2) is 74.1 Å². The number of ketones is 3. The zero-order valence-electron chi connectivity index (χ0n) is 39.4. The van der Waals surface area contributed by atoms with E-state index in [0.717, 1.165) is 18.6 Å². The Bertz CT molecular complexity index is 2990. The monoisotopic (exact) mass is 906 g/mol. The zero-order valence-corrected chi connectivity index (χ0v) is 35.4. The van der Waals surface area contributed by atoms with Crippen molar-refractivity contribution < 1.29 is 77.6 Å². The molecule has 1 fully saturated rings. The molecule has 1 saturated heterocycles. The molecule has 0 spiro atoms. The summed E-state index contributed by atoms with van der Waals surface area (Å²) >= 11 is 0. The summed E-state index contributed by atoms with van der Waals surface area (Å²) in [5, 5.41) is 37.6. The van der Waals surface area contributed by atoms with Crippen molar-refractivity contribution in [3.8, 4) is 23.0 Å². The van der Waals surface area contributed by atoms with Gasteiger partial charge in [-0.3, -0.25) is 28.8 Å². The maximum atomic E-state index is 15.2. The summed E-state index contributed by atoms with van der Waals surface area (Å²) in [5.74, 6) is -8.72. The van der Waals surface area contributed by atoms with E-state index < -0.39 is 127 Å². The van der Waals surface area contributed by atoms with Crippen molar-refractivity contribution >= 4 is 51.2 Å². The van der Waals surface area contributed by atoms with Crippen LogP contribution < -0.4 is 24.4 Å². The molecule has 1 unspecified atom stereocenters. The van der Waals surface area contributed by atoms with Crippen LogP contribution in [0.25, 0.3) is 21.9 Å². The number of hydrogen-bond donors (Lipinski definition) is 3. The molecular formula is C50H46O16. The SMILES string of the molecule is [2H]CC(=O)OC[C@H]1OC(c2c(OCc3ccccc3)cc3oc4cc(OCc5ccccc5)c(OC(C)=O)cc4c(=O)c3c2OCc2ccccc2)[C@@](O)(C(=O)C[2H])[C@](O)(C(=O)C[2H])[C@@]1(O)C(=O)C[2H]. The lowest BCUT2D eigenvalue weighted by Gasteiger charge is -2.58. The Labute approximate surface area is 382 Å². The average molecular weight is 907 g/mol. The van der Waals surface area contributed by atoms with Crippen molar-refractivity contribution in [3.63, 3.8) is 0 Å². The van der Waals surface area contributed by atoms with Gasteiger partial charge in [-0.25, -0.2) is 0 Å². The van der Waals surface area contributed by atoms with E-state index in [4.69, 9.17) is 38.3 Å². The highest BCUT2D eigenvalue weighted by atomic mass is 16.6. The summed E-state index contributed by atoms with van der Waals surface area (Å²) < 4.78 is 73.9. The largest absolute Gasteiger partial charge is 0.488 e. The Morgan fingerprint density at radius 1 is 0.636 bits per heavy atom. The van der Waals surface area contributed by atoms with Crippen molar-refractivity contribution in [1.29, 1.82) is 0 Å². The van der Waals surface area contributed by atoms with Crippen LogP contribution in [0, 0.1) is 0 Å². The molecule has 342 valence electrons. The molecule has 1 aromatic heterocycles. The minimum Gasteiger partial charge on any atom is -0.488 e. The molecule has 5 aromatic carbocycles. The normalized spacial score (nSPS) is 22.2. The van der Waals surface area contributed by atoms with Gasteiger partial charge in [-0.2, -0.15) is 0 Å².